The molecule has 0 aliphatic rings. The molecule has 21 heavy (non-hydrogen) atoms. The molecule has 1 aromatic carbocycles. The molecule has 0 saturated carbocycles. The minimum Gasteiger partial charge on any atom is -0.508 e. The van der Waals surface area contributed by atoms with Crippen molar-refractivity contribution in [3.8, 4) is 5.75 Å². The molecule has 108 valence electrons. The second-order valence-electron chi connectivity index (χ2n) is 5.10. The van der Waals surface area contributed by atoms with Gasteiger partial charge in [0.15, 0.2) is 0 Å². The Bertz CT molecular complexity index is 864. The lowest BCUT2D eigenvalue weighted by Gasteiger charge is -2.09. The van der Waals surface area contributed by atoms with Crippen LogP contribution in [-0.2, 0) is 13.0 Å². The molecule has 2 heterocycles. The summed E-state index contributed by atoms with van der Waals surface area (Å²) in [7, 11) is 0. The third-order valence-electron chi connectivity index (χ3n) is 3.65. The zero-order chi connectivity index (χ0) is 15.0. The maximum absolute atomic E-state index is 13.3. The molecular weight excluding hydrogens is 271 g/mol. The molecular formula is C16H15FN2O2. The van der Waals surface area contributed by atoms with Gasteiger partial charge < -0.3 is 14.7 Å². The number of aromatic amines is 1. The van der Waals surface area contributed by atoms with Crippen LogP contribution in [0.2, 0.25) is 0 Å². The Labute approximate surface area is 120 Å². The highest BCUT2D eigenvalue weighted by molar-refractivity contribution is 5.83. The van der Waals surface area contributed by atoms with Crippen molar-refractivity contribution >= 4 is 10.9 Å². The summed E-state index contributed by atoms with van der Waals surface area (Å²) < 4.78 is 14.9. The molecule has 0 atom stereocenters. The van der Waals surface area contributed by atoms with Crippen LogP contribution in [0.1, 0.15) is 11.3 Å². The fourth-order valence-corrected chi connectivity index (χ4v) is 2.59. The maximum Gasteiger partial charge on any atom is 0.254 e. The highest BCUT2D eigenvalue weighted by Gasteiger charge is 2.07. The van der Waals surface area contributed by atoms with Crippen LogP contribution in [0, 0.1) is 12.7 Å². The average Bonchev–Trinajstić information content (AvgIpc) is 2.80. The number of hydrogen-bond donors (Lipinski definition) is 2. The molecule has 0 aliphatic heterocycles. The molecule has 0 amide bonds. The third kappa shape index (κ3) is 2.54. The fraction of sp³-hybridized carbons (Fsp3) is 0.188. The van der Waals surface area contributed by atoms with E-state index in [1.165, 1.54) is 18.2 Å². The number of aromatic hydroxyl groups is 1. The molecule has 0 unspecified atom stereocenters. The lowest BCUT2D eigenvalue weighted by atomic mass is 10.1. The molecule has 0 saturated heterocycles. The minimum atomic E-state index is -0.277. The number of pyridine rings is 1. The Morgan fingerprint density at radius 1 is 1.29 bits per heavy atom. The monoisotopic (exact) mass is 286 g/mol. The molecule has 2 N–H and O–H groups in total. The van der Waals surface area contributed by atoms with Gasteiger partial charge in [0.2, 0.25) is 0 Å². The lowest BCUT2D eigenvalue weighted by Crippen LogP contribution is -2.22. The summed E-state index contributed by atoms with van der Waals surface area (Å²) in [5.41, 5.74) is 2.30. The number of aromatic nitrogens is 2. The normalized spacial score (nSPS) is 11.1. The van der Waals surface area contributed by atoms with Gasteiger partial charge in [-0.05, 0) is 43.2 Å². The quantitative estimate of drug-likeness (QED) is 0.777. The van der Waals surface area contributed by atoms with Gasteiger partial charge in [0.25, 0.3) is 5.56 Å². The van der Waals surface area contributed by atoms with E-state index in [-0.39, 0.29) is 17.1 Å². The molecule has 5 heteroatoms. The van der Waals surface area contributed by atoms with Crippen LogP contribution in [0.3, 0.4) is 0 Å². The van der Waals surface area contributed by atoms with E-state index >= 15 is 0 Å². The standard InChI is InChI=1S/C16H15FN2O2/c1-10-6-13(20)8-16(21)19(10)5-4-11-9-18-15-3-2-12(17)7-14(11)15/h2-3,6-9,18,20H,4-5H2,1H3. The number of benzene rings is 1. The summed E-state index contributed by atoms with van der Waals surface area (Å²) in [6.45, 7) is 2.25. The van der Waals surface area contributed by atoms with Crippen molar-refractivity contribution in [1.29, 1.82) is 0 Å². The van der Waals surface area contributed by atoms with E-state index in [9.17, 15) is 14.3 Å². The maximum atomic E-state index is 13.3. The van der Waals surface area contributed by atoms with Crippen LogP contribution < -0.4 is 5.56 Å². The molecule has 0 radical (unpaired) electrons. The smallest absolute Gasteiger partial charge is 0.254 e. The number of aryl methyl sites for hydroxylation is 2. The average molecular weight is 286 g/mol. The van der Waals surface area contributed by atoms with E-state index in [0.29, 0.717) is 18.7 Å². The van der Waals surface area contributed by atoms with Gasteiger partial charge in [-0.15, -0.1) is 0 Å². The van der Waals surface area contributed by atoms with Crippen LogP contribution in [0.5, 0.6) is 5.75 Å². The van der Waals surface area contributed by atoms with Crippen molar-refractivity contribution < 1.29 is 9.50 Å². The van der Waals surface area contributed by atoms with Crippen molar-refractivity contribution in [2.24, 2.45) is 0 Å². The van der Waals surface area contributed by atoms with Gasteiger partial charge in [0.05, 0.1) is 0 Å². The number of halogens is 1. The predicted octanol–water partition coefficient (Wildman–Crippen LogP) is 2.73. The number of nitrogens with zero attached hydrogens (tertiary/aromatic N) is 1. The zero-order valence-corrected chi connectivity index (χ0v) is 11.6. The van der Waals surface area contributed by atoms with Crippen molar-refractivity contribution in [3.05, 3.63) is 64.0 Å². The molecule has 0 bridgehead atoms. The Morgan fingerprint density at radius 3 is 2.86 bits per heavy atom. The summed E-state index contributed by atoms with van der Waals surface area (Å²) in [6, 6.07) is 7.36. The molecule has 0 fully saturated rings. The predicted molar refractivity (Wildman–Crippen MR) is 79.1 cm³/mol. The van der Waals surface area contributed by atoms with Gasteiger partial charge >= 0.3 is 0 Å². The van der Waals surface area contributed by atoms with Gasteiger partial charge in [-0.2, -0.15) is 0 Å². The van der Waals surface area contributed by atoms with E-state index in [1.54, 1.807) is 23.6 Å². The van der Waals surface area contributed by atoms with E-state index in [2.05, 4.69) is 4.98 Å². The zero-order valence-electron chi connectivity index (χ0n) is 11.6. The topological polar surface area (TPSA) is 58.0 Å². The minimum absolute atomic E-state index is 0.0251. The third-order valence-corrected chi connectivity index (χ3v) is 3.65. The summed E-state index contributed by atoms with van der Waals surface area (Å²) in [6.07, 6.45) is 2.44. The molecule has 0 aliphatic carbocycles. The summed E-state index contributed by atoms with van der Waals surface area (Å²) >= 11 is 0. The van der Waals surface area contributed by atoms with Crippen LogP contribution in [0.15, 0.2) is 41.3 Å². The van der Waals surface area contributed by atoms with Crippen molar-refractivity contribution in [3.63, 3.8) is 0 Å². The van der Waals surface area contributed by atoms with Gasteiger partial charge in [0.1, 0.15) is 11.6 Å². The molecule has 0 spiro atoms. The first-order valence-corrected chi connectivity index (χ1v) is 6.70. The molecule has 4 nitrogen and oxygen atoms in total. The van der Waals surface area contributed by atoms with E-state index < -0.39 is 0 Å². The number of fused-ring (bicyclic) bond motifs is 1. The number of nitrogens with one attached hydrogen (secondary N) is 1. The Kier molecular flexibility index (Phi) is 3.25. The van der Waals surface area contributed by atoms with Crippen LogP contribution >= 0.6 is 0 Å². The molecule has 3 aromatic rings. The second kappa shape index (κ2) is 5.09. The van der Waals surface area contributed by atoms with Crippen molar-refractivity contribution in [2.75, 3.05) is 0 Å². The Balaban J connectivity index is 1.90. The highest BCUT2D eigenvalue weighted by atomic mass is 19.1. The number of rotatable bonds is 3. The second-order valence-corrected chi connectivity index (χ2v) is 5.10. The Hall–Kier alpha value is -2.56. The summed E-state index contributed by atoms with van der Waals surface area (Å²) in [4.78, 5) is 15.0. The van der Waals surface area contributed by atoms with Gasteiger partial charge in [-0.3, -0.25) is 4.79 Å². The van der Waals surface area contributed by atoms with Gasteiger partial charge in [-0.25, -0.2) is 4.39 Å². The van der Waals surface area contributed by atoms with Crippen LogP contribution in [0.25, 0.3) is 10.9 Å². The highest BCUT2D eigenvalue weighted by Crippen LogP contribution is 2.20. The van der Waals surface area contributed by atoms with Gasteiger partial charge in [0, 0.05) is 35.4 Å². The SMILES string of the molecule is Cc1cc(O)cc(=O)n1CCc1c[nH]c2ccc(F)cc12. The fourth-order valence-electron chi connectivity index (χ4n) is 2.59. The molecule has 2 aromatic heterocycles. The van der Waals surface area contributed by atoms with Gasteiger partial charge in [-0.1, -0.05) is 0 Å². The first-order chi connectivity index (χ1) is 10.0. The van der Waals surface area contributed by atoms with Crippen LogP contribution in [0.4, 0.5) is 4.39 Å². The van der Waals surface area contributed by atoms with E-state index in [1.807, 2.05) is 6.20 Å². The lowest BCUT2D eigenvalue weighted by molar-refractivity contribution is 0.469. The molecule has 3 rings (SSSR count). The summed E-state index contributed by atoms with van der Waals surface area (Å²) in [5.74, 6) is -0.302. The van der Waals surface area contributed by atoms with Crippen LogP contribution in [-0.4, -0.2) is 14.7 Å². The largest absolute Gasteiger partial charge is 0.508 e. The van der Waals surface area contributed by atoms with E-state index in [4.69, 9.17) is 0 Å². The Morgan fingerprint density at radius 2 is 2.10 bits per heavy atom. The number of hydrogen-bond acceptors (Lipinski definition) is 2. The first kappa shape index (κ1) is 13.4. The summed E-state index contributed by atoms with van der Waals surface area (Å²) in [5, 5.41) is 10.2. The van der Waals surface area contributed by atoms with Crippen molar-refractivity contribution in [2.45, 2.75) is 19.9 Å². The first-order valence-electron chi connectivity index (χ1n) is 6.70. The number of H-pyrrole nitrogens is 1. The van der Waals surface area contributed by atoms with E-state index in [0.717, 1.165) is 16.5 Å². The van der Waals surface area contributed by atoms with Crippen molar-refractivity contribution in [1.82, 2.24) is 9.55 Å².